The molecule has 0 unspecified atom stereocenters. The van der Waals surface area contributed by atoms with Crippen LogP contribution in [0.2, 0.25) is 5.02 Å². The minimum Gasteiger partial charge on any atom is -0.352 e. The maximum atomic E-state index is 5.84. The van der Waals surface area contributed by atoms with Crippen LogP contribution in [0.15, 0.2) is 24.8 Å². The molecule has 8 nitrogen and oxygen atoms in total. The van der Waals surface area contributed by atoms with E-state index in [2.05, 4.69) is 34.8 Å². The molecule has 9 heteroatoms. The molecule has 4 heterocycles. The molecular weight excluding hydrogens is 316 g/mol. The minimum atomic E-state index is 0.548. The maximum absolute atomic E-state index is 5.84. The molecule has 1 saturated heterocycles. The van der Waals surface area contributed by atoms with Crippen LogP contribution in [0, 0.1) is 6.92 Å². The third kappa shape index (κ3) is 2.65. The Kier molecular flexibility index (Phi) is 3.45. The lowest BCUT2D eigenvalue weighted by atomic mass is 10.3. The maximum Gasteiger partial charge on any atom is 0.225 e. The molecule has 0 bridgehead atoms. The molecular formula is C14H15ClN8. The van der Waals surface area contributed by atoms with Crippen molar-refractivity contribution in [3.63, 3.8) is 0 Å². The van der Waals surface area contributed by atoms with Crippen molar-refractivity contribution in [1.82, 2.24) is 29.5 Å². The van der Waals surface area contributed by atoms with Gasteiger partial charge in [0.05, 0.1) is 29.8 Å². The van der Waals surface area contributed by atoms with Gasteiger partial charge in [0.1, 0.15) is 5.82 Å². The smallest absolute Gasteiger partial charge is 0.225 e. The van der Waals surface area contributed by atoms with E-state index in [0.717, 1.165) is 43.5 Å². The van der Waals surface area contributed by atoms with Gasteiger partial charge >= 0.3 is 0 Å². The van der Waals surface area contributed by atoms with E-state index in [1.54, 1.807) is 18.6 Å². The lowest BCUT2D eigenvalue weighted by molar-refractivity contribution is 0.626. The second-order valence-corrected chi connectivity index (χ2v) is 5.81. The molecule has 0 aliphatic carbocycles. The van der Waals surface area contributed by atoms with Crippen LogP contribution < -0.4 is 9.80 Å². The first-order valence-electron chi connectivity index (χ1n) is 7.35. The number of nitrogens with zero attached hydrogens (tertiary/aromatic N) is 8. The molecule has 0 saturated carbocycles. The van der Waals surface area contributed by atoms with Crippen molar-refractivity contribution in [3.05, 3.63) is 35.6 Å². The molecule has 1 aliphatic rings. The zero-order valence-electron chi connectivity index (χ0n) is 12.6. The van der Waals surface area contributed by atoms with E-state index in [4.69, 9.17) is 11.6 Å². The number of rotatable bonds is 2. The molecule has 1 fully saturated rings. The van der Waals surface area contributed by atoms with E-state index in [0.29, 0.717) is 11.0 Å². The Bertz CT molecular complexity index is 822. The normalized spacial score (nSPS) is 15.4. The van der Waals surface area contributed by atoms with Crippen LogP contribution in [0.1, 0.15) is 5.82 Å². The van der Waals surface area contributed by atoms with Gasteiger partial charge in [0.25, 0.3) is 0 Å². The molecule has 0 spiro atoms. The van der Waals surface area contributed by atoms with E-state index in [9.17, 15) is 0 Å². The van der Waals surface area contributed by atoms with Gasteiger partial charge in [0, 0.05) is 26.2 Å². The van der Waals surface area contributed by atoms with Crippen LogP contribution in [-0.2, 0) is 0 Å². The van der Waals surface area contributed by atoms with Crippen molar-refractivity contribution in [2.45, 2.75) is 6.92 Å². The SMILES string of the molecule is Cc1nc2cncc(N3CCN(c4ncc(Cl)cn4)CC3)n2n1. The van der Waals surface area contributed by atoms with Gasteiger partial charge in [0.2, 0.25) is 5.95 Å². The first-order chi connectivity index (χ1) is 11.2. The van der Waals surface area contributed by atoms with Gasteiger partial charge in [-0.3, -0.25) is 4.98 Å². The summed E-state index contributed by atoms with van der Waals surface area (Å²) in [6.07, 6.45) is 6.80. The first kappa shape index (κ1) is 14.1. The topological polar surface area (TPSA) is 75.3 Å². The van der Waals surface area contributed by atoms with Crippen LogP contribution in [0.5, 0.6) is 0 Å². The van der Waals surface area contributed by atoms with E-state index in [1.807, 2.05) is 17.6 Å². The van der Waals surface area contributed by atoms with Crippen molar-refractivity contribution >= 4 is 29.0 Å². The molecule has 0 amide bonds. The average Bonchev–Trinajstić information content (AvgIpc) is 2.96. The molecule has 118 valence electrons. The van der Waals surface area contributed by atoms with Crippen LogP contribution in [0.4, 0.5) is 11.8 Å². The van der Waals surface area contributed by atoms with Gasteiger partial charge in [-0.1, -0.05) is 11.6 Å². The Morgan fingerprint density at radius 1 is 0.957 bits per heavy atom. The quantitative estimate of drug-likeness (QED) is 0.699. The van der Waals surface area contributed by atoms with Crippen LogP contribution >= 0.6 is 11.6 Å². The highest BCUT2D eigenvalue weighted by atomic mass is 35.5. The molecule has 1 aliphatic heterocycles. The van der Waals surface area contributed by atoms with Crippen molar-refractivity contribution in [3.8, 4) is 0 Å². The number of halogens is 1. The summed E-state index contributed by atoms with van der Waals surface area (Å²) in [5.74, 6) is 2.41. The Balaban J connectivity index is 1.53. The second kappa shape index (κ2) is 5.62. The van der Waals surface area contributed by atoms with Crippen molar-refractivity contribution in [2.75, 3.05) is 36.0 Å². The van der Waals surface area contributed by atoms with Crippen molar-refractivity contribution in [1.29, 1.82) is 0 Å². The highest BCUT2D eigenvalue weighted by Crippen LogP contribution is 2.18. The third-order valence-electron chi connectivity index (χ3n) is 3.83. The Morgan fingerprint density at radius 2 is 1.65 bits per heavy atom. The summed E-state index contributed by atoms with van der Waals surface area (Å²) in [5.41, 5.74) is 0.767. The average molecular weight is 331 g/mol. The molecule has 23 heavy (non-hydrogen) atoms. The molecule has 0 N–H and O–H groups in total. The van der Waals surface area contributed by atoms with Gasteiger partial charge in [-0.15, -0.1) is 5.10 Å². The summed E-state index contributed by atoms with van der Waals surface area (Å²) in [7, 11) is 0. The summed E-state index contributed by atoms with van der Waals surface area (Å²) in [6, 6.07) is 0. The largest absolute Gasteiger partial charge is 0.352 e. The van der Waals surface area contributed by atoms with Crippen molar-refractivity contribution < 1.29 is 0 Å². The number of fused-ring (bicyclic) bond motifs is 1. The molecule has 4 rings (SSSR count). The number of anilines is 2. The second-order valence-electron chi connectivity index (χ2n) is 5.37. The predicted molar refractivity (Wildman–Crippen MR) is 87.0 cm³/mol. The molecule has 0 aromatic carbocycles. The monoisotopic (exact) mass is 330 g/mol. The number of hydrogen-bond donors (Lipinski definition) is 0. The standard InChI is InChI=1S/C14H15ClN8/c1-10-19-12-8-16-9-13(23(12)20-10)21-2-4-22(5-3-21)14-17-6-11(15)7-18-14/h6-9H,2-5H2,1H3. The lowest BCUT2D eigenvalue weighted by Crippen LogP contribution is -2.47. The van der Waals surface area contributed by atoms with E-state index in [1.165, 1.54) is 0 Å². The predicted octanol–water partition coefficient (Wildman–Crippen LogP) is 1.20. The zero-order chi connectivity index (χ0) is 15.8. The third-order valence-corrected chi connectivity index (χ3v) is 4.02. The Labute approximate surface area is 137 Å². The van der Waals surface area contributed by atoms with Gasteiger partial charge in [-0.25, -0.2) is 15.0 Å². The molecule has 0 atom stereocenters. The van der Waals surface area contributed by atoms with Gasteiger partial charge in [0.15, 0.2) is 11.5 Å². The van der Waals surface area contributed by atoms with E-state index < -0.39 is 0 Å². The van der Waals surface area contributed by atoms with Crippen molar-refractivity contribution in [2.24, 2.45) is 0 Å². The van der Waals surface area contributed by atoms with Crippen LogP contribution in [0.25, 0.3) is 5.65 Å². The van der Waals surface area contributed by atoms with E-state index >= 15 is 0 Å². The molecule has 0 radical (unpaired) electrons. The molecule has 3 aromatic rings. The zero-order valence-corrected chi connectivity index (χ0v) is 13.3. The van der Waals surface area contributed by atoms with Gasteiger partial charge in [-0.05, 0) is 6.92 Å². The fourth-order valence-electron chi connectivity index (χ4n) is 2.73. The summed E-state index contributed by atoms with van der Waals surface area (Å²) < 4.78 is 1.84. The summed E-state index contributed by atoms with van der Waals surface area (Å²) in [4.78, 5) is 21.6. The number of hydrogen-bond acceptors (Lipinski definition) is 7. The number of aryl methyl sites for hydroxylation is 1. The van der Waals surface area contributed by atoms with Gasteiger partial charge in [-0.2, -0.15) is 4.52 Å². The summed E-state index contributed by atoms with van der Waals surface area (Å²) in [6.45, 7) is 5.21. The molecule has 3 aromatic heterocycles. The Hall–Kier alpha value is -2.48. The summed E-state index contributed by atoms with van der Waals surface area (Å²) in [5, 5.41) is 4.99. The minimum absolute atomic E-state index is 0.548. The van der Waals surface area contributed by atoms with Gasteiger partial charge < -0.3 is 9.80 Å². The lowest BCUT2D eigenvalue weighted by Gasteiger charge is -2.35. The number of piperazine rings is 1. The fraction of sp³-hybridized carbons (Fsp3) is 0.357. The summed E-state index contributed by atoms with van der Waals surface area (Å²) >= 11 is 5.84. The Morgan fingerprint density at radius 3 is 2.39 bits per heavy atom. The van der Waals surface area contributed by atoms with E-state index in [-0.39, 0.29) is 0 Å². The van der Waals surface area contributed by atoms with Crippen LogP contribution in [0.3, 0.4) is 0 Å². The first-order valence-corrected chi connectivity index (χ1v) is 7.73. The number of aromatic nitrogens is 6. The highest BCUT2D eigenvalue weighted by Gasteiger charge is 2.21. The van der Waals surface area contributed by atoms with Crippen LogP contribution in [-0.4, -0.2) is 55.7 Å². The highest BCUT2D eigenvalue weighted by molar-refractivity contribution is 6.30. The fourth-order valence-corrected chi connectivity index (χ4v) is 2.83.